The van der Waals surface area contributed by atoms with Crippen molar-refractivity contribution in [2.45, 2.75) is 207 Å². The van der Waals surface area contributed by atoms with E-state index >= 15 is 0 Å². The van der Waals surface area contributed by atoms with Gasteiger partial charge in [-0.1, -0.05) is 96.2 Å². The molecular weight excluding hydrogens is 1690 g/mol. The van der Waals surface area contributed by atoms with Crippen LogP contribution in [0.4, 0.5) is 9.59 Å². The van der Waals surface area contributed by atoms with Gasteiger partial charge in [0.05, 0.1) is 11.2 Å². The van der Waals surface area contributed by atoms with Crippen molar-refractivity contribution in [1.29, 1.82) is 0 Å². The van der Waals surface area contributed by atoms with E-state index in [-0.39, 0.29) is 141 Å². The highest BCUT2D eigenvalue weighted by Crippen LogP contribution is 2.41. The van der Waals surface area contributed by atoms with Crippen molar-refractivity contribution in [1.82, 2.24) is 60.9 Å². The molecule has 5 fully saturated rings. The number of fused-ring (bicyclic) bond motifs is 4. The van der Waals surface area contributed by atoms with Crippen molar-refractivity contribution in [2.24, 2.45) is 0 Å². The molecule has 4 atom stereocenters. The van der Waals surface area contributed by atoms with E-state index in [0.29, 0.717) is 100 Å². The molecule has 4 unspecified atom stereocenters. The van der Waals surface area contributed by atoms with Crippen LogP contribution in [0.2, 0.25) is 0 Å². The zero-order chi connectivity index (χ0) is 87.9. The van der Waals surface area contributed by atoms with E-state index in [4.69, 9.17) is 18.8 Å². The van der Waals surface area contributed by atoms with Crippen molar-refractivity contribution < 1.29 is 85.9 Å². The second-order valence-electron chi connectivity index (χ2n) is 35.6. The molecule has 33 heteroatoms. The van der Waals surface area contributed by atoms with E-state index in [1.807, 2.05) is 142 Å². The standard InChI is InChI=1S/C24H23N3O3.C22H25N3O5.C17H17N3O3.C15H26BNO4.C13H11BrN2O3.CH4.ClH/c28-22-9-8-21(23(29)25-22)27-15-19-12-17(6-7-20(19)24(27)30)18-10-11-26(14-18)13-16-4-2-1-3-5-16;1-22(2,3)30-21(29)24-9-8-14(11-24)13-4-5-16-15(10-13)12-25(20(16)28)17-6-7-18(26)23-19(17)27;21-15-4-3-14(16(22)19-15)20-9-12-7-10(11-5-6-18-8-11)1-2-13(12)17(20)23;1-13(2,3)19-12(18)17-9-8-11(10-17)16-20-14(4,5)15(6,7)21-16;14-8-1-2-9-7(5-8)6-16(13(9)19)10-3-4-11(17)15-12(10)18;;/h1-7,10,12,21H,8-9,11,13-15H2,(H,25,28,29);4-5,8,10,17H,6-7,9,11-12H2,1-3H3,(H,23,26,27);1-2,5,7,14,18H,3-4,6,8-9H2,(H,19,21,22);8H,9-10H2,1-7H3;1-2,5,10H,3-4,6H2,(H,15,17,18);1H4;1H. The van der Waals surface area contributed by atoms with Crippen LogP contribution in [0.1, 0.15) is 214 Å². The smallest absolute Gasteiger partial charge is 0.444 e. The Labute approximate surface area is 741 Å². The topological polar surface area (TPSA) is 359 Å². The first-order valence-electron chi connectivity index (χ1n) is 41.6. The number of piperidine rings is 4. The van der Waals surface area contributed by atoms with Crippen molar-refractivity contribution >= 4 is 135 Å². The molecular formula is C92H107BBrClN12O18. The minimum absolute atomic E-state index is 0. The van der Waals surface area contributed by atoms with Gasteiger partial charge < -0.3 is 53.5 Å². The summed E-state index contributed by atoms with van der Waals surface area (Å²) in [6.45, 7) is 27.1. The first kappa shape index (κ1) is 92.9. The summed E-state index contributed by atoms with van der Waals surface area (Å²) in [5.41, 5.74) is 13.4. The van der Waals surface area contributed by atoms with Crippen LogP contribution >= 0.6 is 28.3 Å². The lowest BCUT2D eigenvalue weighted by molar-refractivity contribution is -0.138. The highest BCUT2D eigenvalue weighted by molar-refractivity contribution is 9.10. The van der Waals surface area contributed by atoms with Crippen molar-refractivity contribution in [2.75, 3.05) is 52.4 Å². The monoisotopic (exact) mass is 1790 g/mol. The number of benzene rings is 5. The molecule has 5 N–H and O–H groups in total. The highest BCUT2D eigenvalue weighted by Gasteiger charge is 2.54. The summed E-state index contributed by atoms with van der Waals surface area (Å²) in [4.78, 5) is 180. The molecule has 660 valence electrons. The lowest BCUT2D eigenvalue weighted by atomic mass is 9.79. The van der Waals surface area contributed by atoms with E-state index in [2.05, 4.69) is 89.9 Å². The SMILES string of the molecule is C.CC(C)(C)OC(=O)N1CC=C(B2OC(C)(C)C(C)(C)O2)C1.CC(C)(C)OC(=O)N1CC=C(c2ccc3c(c2)CN(C2CCC(=O)NC2=O)C3=O)C1.Cl.O=C1CCC(N2Cc3cc(Br)ccc3C2=O)C(=O)N1.O=C1CCC(N2Cc3cc(C4=CCN(Cc5ccccc5)C4)ccc3C2=O)C(=O)N1.O=C1CCC(N2Cc3cc(C4=CCNC4)ccc3C2=O)C(=O)N1. The Kier molecular flexibility index (Phi) is 28.1. The van der Waals surface area contributed by atoms with E-state index in [0.717, 1.165) is 87.2 Å². The molecule has 125 heavy (non-hydrogen) atoms. The minimum atomic E-state index is -0.626. The van der Waals surface area contributed by atoms with Crippen LogP contribution in [0.3, 0.4) is 0 Å². The summed E-state index contributed by atoms with van der Waals surface area (Å²) in [7, 11) is -0.387. The summed E-state index contributed by atoms with van der Waals surface area (Å²) in [5, 5.41) is 12.5. The fraction of sp³-hybridized carbons (Fsp3) is 0.435. The van der Waals surface area contributed by atoms with Gasteiger partial charge in [-0.25, -0.2) is 9.59 Å². The Balaban J connectivity index is 0.000000143. The molecule has 0 spiro atoms. The van der Waals surface area contributed by atoms with Crippen LogP contribution in [0, 0.1) is 0 Å². The Morgan fingerprint density at radius 1 is 0.448 bits per heavy atom. The van der Waals surface area contributed by atoms with Gasteiger partial charge in [-0.3, -0.25) is 83.7 Å². The Hall–Kier alpha value is -11.3. The number of rotatable bonds is 10. The molecule has 13 aliphatic rings. The van der Waals surface area contributed by atoms with Crippen LogP contribution in [0.15, 0.2) is 137 Å². The van der Waals surface area contributed by atoms with Gasteiger partial charge in [0.25, 0.3) is 23.6 Å². The fourth-order valence-corrected chi connectivity index (χ4v) is 17.2. The number of hydrogen-bond donors (Lipinski definition) is 5. The number of nitrogens with one attached hydrogen (secondary N) is 5. The molecule has 0 aliphatic carbocycles. The third-order valence-corrected chi connectivity index (χ3v) is 24.4. The fourth-order valence-electron chi connectivity index (χ4n) is 16.8. The average molecular weight is 1800 g/mol. The number of carbonyl (C=O) groups excluding carboxylic acids is 14. The Bertz CT molecular complexity index is 5330. The highest BCUT2D eigenvalue weighted by atomic mass is 79.9. The number of carbonyl (C=O) groups is 14. The second-order valence-corrected chi connectivity index (χ2v) is 36.5. The van der Waals surface area contributed by atoms with Gasteiger partial charge in [0, 0.05) is 137 Å². The molecule has 14 amide bonds. The number of hydrogen-bond acceptors (Lipinski definition) is 20. The predicted octanol–water partition coefficient (Wildman–Crippen LogP) is 9.93. The first-order valence-corrected chi connectivity index (χ1v) is 42.4. The van der Waals surface area contributed by atoms with Crippen molar-refractivity contribution in [3.05, 3.63) is 204 Å². The molecule has 0 bridgehead atoms. The van der Waals surface area contributed by atoms with Gasteiger partial charge in [-0.05, 0) is 216 Å². The molecule has 13 aliphatic heterocycles. The molecule has 0 radical (unpaired) electrons. The molecule has 0 aromatic heterocycles. The van der Waals surface area contributed by atoms with Gasteiger partial charge in [-0.15, -0.1) is 12.4 Å². The third-order valence-electron chi connectivity index (χ3n) is 23.9. The molecule has 0 saturated carbocycles. The molecule has 30 nitrogen and oxygen atoms in total. The molecule has 5 aromatic carbocycles. The number of amides is 14. The second kappa shape index (κ2) is 37.9. The van der Waals surface area contributed by atoms with E-state index < -0.39 is 41.3 Å². The van der Waals surface area contributed by atoms with Gasteiger partial charge in [0.1, 0.15) is 35.4 Å². The predicted molar refractivity (Wildman–Crippen MR) is 470 cm³/mol. The van der Waals surface area contributed by atoms with Gasteiger partial charge >= 0.3 is 19.3 Å². The van der Waals surface area contributed by atoms with Crippen molar-refractivity contribution in [3.8, 4) is 0 Å². The lowest BCUT2D eigenvalue weighted by Gasteiger charge is -2.32. The van der Waals surface area contributed by atoms with Gasteiger partial charge in [0.15, 0.2) is 0 Å². The van der Waals surface area contributed by atoms with E-state index in [1.165, 1.54) is 21.6 Å². The number of ether oxygens (including phenoxy) is 2. The zero-order valence-corrected chi connectivity index (χ0v) is 73.5. The van der Waals surface area contributed by atoms with Crippen LogP contribution in [0.25, 0.3) is 16.7 Å². The lowest BCUT2D eigenvalue weighted by Crippen LogP contribution is -2.52. The van der Waals surface area contributed by atoms with Gasteiger partial charge in [0.2, 0.25) is 47.3 Å². The quantitative estimate of drug-likeness (QED) is 0.0641. The number of halogens is 2. The number of imide groups is 4. The summed E-state index contributed by atoms with van der Waals surface area (Å²) in [6.07, 6.45) is 10.3. The molecule has 5 aromatic rings. The molecule has 18 rings (SSSR count). The summed E-state index contributed by atoms with van der Waals surface area (Å²) in [5.74, 6) is -3.23. The third kappa shape index (κ3) is 21.1. The van der Waals surface area contributed by atoms with Gasteiger partial charge in [-0.2, -0.15) is 0 Å². The molecule has 5 saturated heterocycles. The number of nitrogens with zero attached hydrogens (tertiary/aromatic N) is 7. The average Bonchev–Trinajstić information content (AvgIpc) is 1.65. The Morgan fingerprint density at radius 2 is 0.808 bits per heavy atom. The molecule has 13 heterocycles. The Morgan fingerprint density at radius 3 is 1.19 bits per heavy atom. The summed E-state index contributed by atoms with van der Waals surface area (Å²) < 4.78 is 23.7. The summed E-state index contributed by atoms with van der Waals surface area (Å²) >= 11 is 3.37. The summed E-state index contributed by atoms with van der Waals surface area (Å²) in [6, 6.07) is 31.0. The van der Waals surface area contributed by atoms with Crippen LogP contribution < -0.4 is 26.6 Å². The zero-order valence-electron chi connectivity index (χ0n) is 71.1. The maximum absolute atomic E-state index is 12.8. The minimum Gasteiger partial charge on any atom is -0.444 e. The van der Waals surface area contributed by atoms with E-state index in [1.54, 1.807) is 36.6 Å². The largest absolute Gasteiger partial charge is 0.492 e. The van der Waals surface area contributed by atoms with Crippen LogP contribution in [-0.4, -0.2) is 223 Å². The van der Waals surface area contributed by atoms with E-state index in [9.17, 15) is 67.1 Å². The first-order chi connectivity index (χ1) is 58.3. The van der Waals surface area contributed by atoms with Crippen LogP contribution in [0.5, 0.6) is 0 Å². The van der Waals surface area contributed by atoms with Crippen molar-refractivity contribution in [3.63, 3.8) is 0 Å². The van der Waals surface area contributed by atoms with Crippen LogP contribution in [-0.2, 0) is 89.9 Å². The maximum atomic E-state index is 12.8. The maximum Gasteiger partial charge on any atom is 0.492 e. The normalized spacial score (nSPS) is 22.2.